The number of nitrogens with zero attached hydrogens (tertiary/aromatic N) is 2. The molecule has 1 N–H and O–H groups in total. The minimum Gasteiger partial charge on any atom is -0.378 e. The lowest BCUT2D eigenvalue weighted by Gasteiger charge is -2.29. The Labute approximate surface area is 168 Å². The summed E-state index contributed by atoms with van der Waals surface area (Å²) in [5, 5.41) is 4.03. The van der Waals surface area contributed by atoms with Crippen LogP contribution >= 0.6 is 23.8 Å². The zero-order valence-corrected chi connectivity index (χ0v) is 16.5. The number of carbonyl (C=O) groups excluding carboxylic acids is 1. The van der Waals surface area contributed by atoms with Crippen LogP contribution in [0.15, 0.2) is 48.5 Å². The minimum absolute atomic E-state index is 0.139. The van der Waals surface area contributed by atoms with Crippen LogP contribution in [0.2, 0.25) is 5.02 Å². The lowest BCUT2D eigenvalue weighted by Crippen LogP contribution is -2.41. The van der Waals surface area contributed by atoms with Crippen molar-refractivity contribution in [2.24, 2.45) is 0 Å². The smallest absolute Gasteiger partial charge is 0.263 e. The number of halogens is 1. The summed E-state index contributed by atoms with van der Waals surface area (Å²) in [5.41, 5.74) is 1.65. The molecule has 1 atom stereocenters. The lowest BCUT2D eigenvalue weighted by atomic mass is 9.91. The van der Waals surface area contributed by atoms with Crippen molar-refractivity contribution in [2.45, 2.75) is 12.5 Å². The maximum atomic E-state index is 13.3. The Hall–Kier alpha value is -2.15. The van der Waals surface area contributed by atoms with Crippen molar-refractivity contribution < 1.29 is 9.53 Å². The van der Waals surface area contributed by atoms with E-state index in [1.807, 2.05) is 43.3 Å². The molecule has 0 spiro atoms. The maximum Gasteiger partial charge on any atom is 0.263 e. The summed E-state index contributed by atoms with van der Waals surface area (Å²) in [6.45, 7) is 5.07. The molecule has 2 aromatic carbocycles. The van der Waals surface area contributed by atoms with Crippen LogP contribution in [0, 0.1) is 0 Å². The molecule has 7 heteroatoms. The zero-order valence-electron chi connectivity index (χ0n) is 14.9. The number of carbonyl (C=O) groups is 1. The van der Waals surface area contributed by atoms with E-state index in [0.29, 0.717) is 15.8 Å². The number of para-hydroxylation sites is 1. The Morgan fingerprint density at radius 2 is 1.78 bits per heavy atom. The molecule has 0 aliphatic carbocycles. The average Bonchev–Trinajstić information content (AvgIpc) is 2.93. The molecular formula is C20H20ClN3O2S. The lowest BCUT2D eigenvalue weighted by molar-refractivity contribution is -0.121. The Balaban J connectivity index is 1.62. The quantitative estimate of drug-likeness (QED) is 0.799. The second kappa shape index (κ2) is 7.11. The molecular weight excluding hydrogens is 382 g/mol. The number of hydrogen-bond acceptors (Lipinski definition) is 4. The first kappa shape index (κ1) is 18.2. The number of ether oxygens (including phenoxy) is 1. The Morgan fingerprint density at radius 3 is 2.44 bits per heavy atom. The SMILES string of the molecule is CC1(c2ccc(N3CCOCC3)cc2)NC(=S)N(c2ccccc2Cl)C1=O. The van der Waals surface area contributed by atoms with E-state index in [1.54, 1.807) is 12.1 Å². The molecule has 0 radical (unpaired) electrons. The van der Waals surface area contributed by atoms with Gasteiger partial charge >= 0.3 is 0 Å². The Kier molecular flexibility index (Phi) is 4.80. The number of hydrogen-bond donors (Lipinski definition) is 1. The summed E-state index contributed by atoms with van der Waals surface area (Å²) in [4.78, 5) is 17.0. The van der Waals surface area contributed by atoms with Gasteiger partial charge in [0.25, 0.3) is 5.91 Å². The van der Waals surface area contributed by atoms with Gasteiger partial charge in [0, 0.05) is 18.8 Å². The fourth-order valence-electron chi connectivity index (χ4n) is 3.51. The van der Waals surface area contributed by atoms with Gasteiger partial charge in [-0.25, -0.2) is 0 Å². The highest BCUT2D eigenvalue weighted by atomic mass is 35.5. The van der Waals surface area contributed by atoms with E-state index in [4.69, 9.17) is 28.6 Å². The van der Waals surface area contributed by atoms with Gasteiger partial charge in [-0.3, -0.25) is 9.69 Å². The molecule has 2 saturated heterocycles. The van der Waals surface area contributed by atoms with Crippen LogP contribution in [0.4, 0.5) is 11.4 Å². The van der Waals surface area contributed by atoms with Crippen LogP contribution < -0.4 is 15.1 Å². The molecule has 0 bridgehead atoms. The molecule has 0 aromatic heterocycles. The number of amides is 1. The van der Waals surface area contributed by atoms with Crippen molar-refractivity contribution in [1.82, 2.24) is 5.32 Å². The number of anilines is 2. The van der Waals surface area contributed by atoms with Gasteiger partial charge in [0.2, 0.25) is 0 Å². The maximum absolute atomic E-state index is 13.3. The standard InChI is InChI=1S/C20H20ClN3O2S/c1-20(14-6-8-15(9-7-14)23-10-12-26-13-11-23)18(25)24(19(27)22-20)17-5-3-2-4-16(17)21/h2-9H,10-13H2,1H3,(H,22,27). The van der Waals surface area contributed by atoms with Crippen molar-refractivity contribution in [3.05, 3.63) is 59.1 Å². The number of morpholine rings is 1. The summed E-state index contributed by atoms with van der Waals surface area (Å²) >= 11 is 11.7. The summed E-state index contributed by atoms with van der Waals surface area (Å²) in [6.07, 6.45) is 0. The fourth-order valence-corrected chi connectivity index (χ4v) is 4.12. The third kappa shape index (κ3) is 3.18. The van der Waals surface area contributed by atoms with Gasteiger partial charge in [0.15, 0.2) is 5.11 Å². The molecule has 4 rings (SSSR count). The fraction of sp³-hybridized carbons (Fsp3) is 0.300. The van der Waals surface area contributed by atoms with Crippen molar-refractivity contribution >= 4 is 46.2 Å². The first-order valence-corrected chi connectivity index (χ1v) is 9.64. The van der Waals surface area contributed by atoms with Crippen LogP contribution in [0.25, 0.3) is 0 Å². The van der Waals surface area contributed by atoms with Gasteiger partial charge in [-0.2, -0.15) is 0 Å². The highest BCUT2D eigenvalue weighted by Crippen LogP contribution is 2.36. The Bertz CT molecular complexity index is 883. The number of benzene rings is 2. The van der Waals surface area contributed by atoms with Gasteiger partial charge in [0.05, 0.1) is 23.9 Å². The van der Waals surface area contributed by atoms with Crippen LogP contribution in [0.3, 0.4) is 0 Å². The summed E-state index contributed by atoms with van der Waals surface area (Å²) in [6, 6.07) is 15.3. The number of nitrogens with one attached hydrogen (secondary N) is 1. The van der Waals surface area contributed by atoms with Gasteiger partial charge in [-0.15, -0.1) is 0 Å². The van der Waals surface area contributed by atoms with Crippen LogP contribution in [0.5, 0.6) is 0 Å². The van der Waals surface area contributed by atoms with Crippen LogP contribution in [-0.2, 0) is 15.1 Å². The Morgan fingerprint density at radius 1 is 1.11 bits per heavy atom. The van der Waals surface area contributed by atoms with Crippen molar-refractivity contribution in [1.29, 1.82) is 0 Å². The predicted octanol–water partition coefficient (Wildman–Crippen LogP) is 3.31. The molecule has 27 heavy (non-hydrogen) atoms. The molecule has 140 valence electrons. The normalized spacial score (nSPS) is 22.9. The monoisotopic (exact) mass is 401 g/mol. The number of rotatable bonds is 3. The van der Waals surface area contributed by atoms with Crippen molar-refractivity contribution in [3.63, 3.8) is 0 Å². The predicted molar refractivity (Wildman–Crippen MR) is 111 cm³/mol. The van der Waals surface area contributed by atoms with Gasteiger partial charge in [-0.1, -0.05) is 35.9 Å². The molecule has 2 fully saturated rings. The second-order valence-corrected chi connectivity index (χ2v) is 7.59. The molecule has 2 aliphatic rings. The van der Waals surface area contributed by atoms with E-state index in [1.165, 1.54) is 4.90 Å². The van der Waals surface area contributed by atoms with Gasteiger partial charge < -0.3 is 15.0 Å². The third-order valence-electron chi connectivity index (χ3n) is 5.11. The molecule has 0 saturated carbocycles. The van der Waals surface area contributed by atoms with Crippen LogP contribution in [0.1, 0.15) is 12.5 Å². The second-order valence-electron chi connectivity index (χ2n) is 6.79. The molecule has 2 aromatic rings. The van der Waals surface area contributed by atoms with Crippen molar-refractivity contribution in [2.75, 3.05) is 36.1 Å². The average molecular weight is 402 g/mol. The molecule has 1 amide bonds. The third-order valence-corrected chi connectivity index (χ3v) is 5.71. The summed E-state index contributed by atoms with van der Waals surface area (Å²) < 4.78 is 5.40. The van der Waals surface area contributed by atoms with E-state index in [-0.39, 0.29) is 5.91 Å². The van der Waals surface area contributed by atoms with E-state index in [9.17, 15) is 4.79 Å². The summed E-state index contributed by atoms with van der Waals surface area (Å²) in [7, 11) is 0. The molecule has 1 unspecified atom stereocenters. The van der Waals surface area contributed by atoms with E-state index in [2.05, 4.69) is 10.2 Å². The largest absolute Gasteiger partial charge is 0.378 e. The first-order valence-electron chi connectivity index (χ1n) is 8.85. The molecule has 5 nitrogen and oxygen atoms in total. The van der Waals surface area contributed by atoms with E-state index >= 15 is 0 Å². The highest BCUT2D eigenvalue weighted by Gasteiger charge is 2.48. The molecule has 2 aliphatic heterocycles. The van der Waals surface area contributed by atoms with E-state index < -0.39 is 5.54 Å². The number of thiocarbonyl (C=S) groups is 1. The summed E-state index contributed by atoms with van der Waals surface area (Å²) in [5.74, 6) is -0.139. The minimum atomic E-state index is -0.931. The van der Waals surface area contributed by atoms with Gasteiger partial charge in [-0.05, 0) is 49.0 Å². The first-order chi connectivity index (χ1) is 13.0. The van der Waals surface area contributed by atoms with Gasteiger partial charge in [0.1, 0.15) is 5.54 Å². The highest BCUT2D eigenvalue weighted by molar-refractivity contribution is 7.80. The zero-order chi connectivity index (χ0) is 19.0. The molecule has 2 heterocycles. The topological polar surface area (TPSA) is 44.8 Å². The van der Waals surface area contributed by atoms with Crippen LogP contribution in [-0.4, -0.2) is 37.3 Å². The van der Waals surface area contributed by atoms with Crippen molar-refractivity contribution in [3.8, 4) is 0 Å². The van der Waals surface area contributed by atoms with E-state index in [0.717, 1.165) is 37.6 Å².